The lowest BCUT2D eigenvalue weighted by Gasteiger charge is -2.21. The number of hydrogen-bond donors (Lipinski definition) is 2. The molecule has 1 heterocycles. The lowest BCUT2D eigenvalue weighted by atomic mass is 10.1. The van der Waals surface area contributed by atoms with Crippen molar-refractivity contribution in [1.29, 1.82) is 0 Å². The Morgan fingerprint density at radius 1 is 1.40 bits per heavy atom. The zero-order chi connectivity index (χ0) is 14.9. The first-order chi connectivity index (χ1) is 9.43. The normalized spacial score (nSPS) is 21.9. The van der Waals surface area contributed by atoms with E-state index in [1.807, 2.05) is 6.92 Å². The summed E-state index contributed by atoms with van der Waals surface area (Å²) in [6, 6.07) is 3.98. The van der Waals surface area contributed by atoms with Gasteiger partial charge in [-0.25, -0.2) is 4.79 Å². The molecular weight excluding hydrogens is 262 g/mol. The quantitative estimate of drug-likeness (QED) is 0.849. The molecule has 1 aromatic rings. The Kier molecular flexibility index (Phi) is 3.94. The largest absolute Gasteiger partial charge is 0.496 e. The monoisotopic (exact) mass is 279 g/mol. The van der Waals surface area contributed by atoms with Crippen LogP contribution in [0.15, 0.2) is 18.2 Å². The maximum Gasteiger partial charge on any atom is 0.326 e. The number of methoxy groups -OCH3 is 1. The minimum absolute atomic E-state index is 0.0337. The van der Waals surface area contributed by atoms with Crippen LogP contribution in [0.2, 0.25) is 0 Å². The van der Waals surface area contributed by atoms with E-state index in [1.165, 1.54) is 12.0 Å². The summed E-state index contributed by atoms with van der Waals surface area (Å²) in [6.07, 6.45) is -0.739. The average Bonchev–Trinajstić information content (AvgIpc) is 2.81. The second-order valence-corrected chi connectivity index (χ2v) is 4.89. The zero-order valence-electron chi connectivity index (χ0n) is 11.4. The van der Waals surface area contributed by atoms with Gasteiger partial charge < -0.3 is 19.8 Å². The highest BCUT2D eigenvalue weighted by Gasteiger charge is 2.39. The van der Waals surface area contributed by atoms with Crippen molar-refractivity contribution in [2.45, 2.75) is 25.5 Å². The van der Waals surface area contributed by atoms with Crippen molar-refractivity contribution in [2.24, 2.45) is 0 Å². The van der Waals surface area contributed by atoms with Gasteiger partial charge in [-0.2, -0.15) is 0 Å². The number of benzene rings is 1. The Balaban J connectivity index is 2.28. The molecule has 1 fully saturated rings. The van der Waals surface area contributed by atoms with Crippen LogP contribution in [0.25, 0.3) is 0 Å². The molecule has 0 unspecified atom stereocenters. The van der Waals surface area contributed by atoms with E-state index in [0.29, 0.717) is 11.3 Å². The second-order valence-electron chi connectivity index (χ2n) is 4.89. The third-order valence-electron chi connectivity index (χ3n) is 3.48. The number of carboxylic acid groups (broad SMARTS) is 1. The molecule has 0 saturated carbocycles. The minimum Gasteiger partial charge on any atom is -0.496 e. The van der Waals surface area contributed by atoms with E-state index < -0.39 is 24.0 Å². The number of ether oxygens (including phenoxy) is 1. The molecule has 108 valence electrons. The number of aliphatic hydroxyl groups is 1. The van der Waals surface area contributed by atoms with E-state index in [1.54, 1.807) is 18.2 Å². The molecule has 1 aliphatic rings. The molecule has 2 N–H and O–H groups in total. The maximum absolute atomic E-state index is 12.4. The van der Waals surface area contributed by atoms with Gasteiger partial charge >= 0.3 is 5.97 Å². The van der Waals surface area contributed by atoms with E-state index in [-0.39, 0.29) is 13.0 Å². The summed E-state index contributed by atoms with van der Waals surface area (Å²) in [6.45, 7) is 1.89. The Morgan fingerprint density at radius 2 is 2.10 bits per heavy atom. The highest BCUT2D eigenvalue weighted by atomic mass is 16.5. The highest BCUT2D eigenvalue weighted by Crippen LogP contribution is 2.24. The van der Waals surface area contributed by atoms with Crippen LogP contribution in [0.3, 0.4) is 0 Å². The number of aliphatic hydroxyl groups excluding tert-OH is 1. The van der Waals surface area contributed by atoms with Crippen molar-refractivity contribution in [3.05, 3.63) is 29.3 Å². The van der Waals surface area contributed by atoms with Crippen LogP contribution in [0, 0.1) is 6.92 Å². The van der Waals surface area contributed by atoms with E-state index in [0.717, 1.165) is 5.56 Å². The van der Waals surface area contributed by atoms with Crippen LogP contribution < -0.4 is 4.74 Å². The Hall–Kier alpha value is -2.08. The summed E-state index contributed by atoms with van der Waals surface area (Å²) in [5.41, 5.74) is 1.24. The zero-order valence-corrected chi connectivity index (χ0v) is 11.4. The molecule has 1 aromatic carbocycles. The summed E-state index contributed by atoms with van der Waals surface area (Å²) in [7, 11) is 1.51. The summed E-state index contributed by atoms with van der Waals surface area (Å²) in [4.78, 5) is 24.7. The third kappa shape index (κ3) is 2.60. The predicted octanol–water partition coefficient (Wildman–Crippen LogP) is 0.664. The Labute approximate surface area is 116 Å². The molecule has 0 spiro atoms. The molecule has 1 amide bonds. The number of likely N-dealkylation sites (tertiary alicyclic amines) is 1. The van der Waals surface area contributed by atoms with Crippen molar-refractivity contribution in [1.82, 2.24) is 4.90 Å². The summed E-state index contributed by atoms with van der Waals surface area (Å²) < 4.78 is 5.16. The number of aliphatic carboxylic acids is 1. The van der Waals surface area contributed by atoms with Gasteiger partial charge in [0.1, 0.15) is 11.8 Å². The molecule has 20 heavy (non-hydrogen) atoms. The van der Waals surface area contributed by atoms with E-state index >= 15 is 0 Å². The number of hydrogen-bond acceptors (Lipinski definition) is 4. The standard InChI is InChI=1S/C14H17NO5/c1-8-3-4-9(5-12(8)20-2)13(17)15-7-10(16)6-11(15)14(18)19/h3-5,10-11,16H,6-7H2,1-2H3,(H,18,19)/t10-,11-/m1/s1. The molecule has 2 atom stereocenters. The van der Waals surface area contributed by atoms with E-state index in [9.17, 15) is 14.7 Å². The van der Waals surface area contributed by atoms with Crippen molar-refractivity contribution < 1.29 is 24.5 Å². The number of β-amino-alcohol motifs (C(OH)–C–C–N with tert-alkyl or cyclic N) is 1. The van der Waals surface area contributed by atoms with Crippen LogP contribution in [0.4, 0.5) is 0 Å². The molecular formula is C14H17NO5. The van der Waals surface area contributed by atoms with Gasteiger partial charge in [-0.3, -0.25) is 4.79 Å². The Bertz CT molecular complexity index is 542. The SMILES string of the molecule is COc1cc(C(=O)N2C[C@H](O)C[C@@H]2C(=O)O)ccc1C. The van der Waals surface area contributed by atoms with E-state index in [2.05, 4.69) is 0 Å². The molecule has 0 radical (unpaired) electrons. The first kappa shape index (κ1) is 14.3. The highest BCUT2D eigenvalue weighted by molar-refractivity contribution is 5.97. The van der Waals surface area contributed by atoms with Crippen molar-refractivity contribution in [3.63, 3.8) is 0 Å². The molecule has 0 bridgehead atoms. The van der Waals surface area contributed by atoms with Crippen LogP contribution in [0.5, 0.6) is 5.75 Å². The fourth-order valence-corrected chi connectivity index (χ4v) is 2.39. The van der Waals surface area contributed by atoms with Gasteiger partial charge in [0.25, 0.3) is 5.91 Å². The molecule has 0 aromatic heterocycles. The fraction of sp³-hybridized carbons (Fsp3) is 0.429. The number of aryl methyl sites for hydroxylation is 1. The summed E-state index contributed by atoms with van der Waals surface area (Å²) >= 11 is 0. The van der Waals surface area contributed by atoms with Gasteiger partial charge in [0.2, 0.25) is 0 Å². The first-order valence-corrected chi connectivity index (χ1v) is 6.30. The lowest BCUT2D eigenvalue weighted by Crippen LogP contribution is -2.40. The van der Waals surface area contributed by atoms with Crippen LogP contribution in [-0.4, -0.2) is 52.8 Å². The molecule has 6 nitrogen and oxygen atoms in total. The van der Waals surface area contributed by atoms with Crippen molar-refractivity contribution in [2.75, 3.05) is 13.7 Å². The van der Waals surface area contributed by atoms with Gasteiger partial charge in [0.15, 0.2) is 0 Å². The number of nitrogens with zero attached hydrogens (tertiary/aromatic N) is 1. The minimum atomic E-state index is -1.10. The number of rotatable bonds is 3. The molecule has 0 aliphatic carbocycles. The lowest BCUT2D eigenvalue weighted by molar-refractivity contribution is -0.141. The van der Waals surface area contributed by atoms with Crippen molar-refractivity contribution in [3.8, 4) is 5.75 Å². The molecule has 1 saturated heterocycles. The maximum atomic E-state index is 12.4. The smallest absolute Gasteiger partial charge is 0.326 e. The van der Waals surface area contributed by atoms with E-state index in [4.69, 9.17) is 9.84 Å². The average molecular weight is 279 g/mol. The van der Waals surface area contributed by atoms with Gasteiger partial charge in [-0.05, 0) is 24.6 Å². The second kappa shape index (κ2) is 5.50. The van der Waals surface area contributed by atoms with Crippen LogP contribution in [0.1, 0.15) is 22.3 Å². The number of carbonyl (C=O) groups is 2. The predicted molar refractivity (Wildman–Crippen MR) is 70.8 cm³/mol. The number of carbonyl (C=O) groups excluding carboxylic acids is 1. The number of carboxylic acids is 1. The van der Waals surface area contributed by atoms with Crippen molar-refractivity contribution >= 4 is 11.9 Å². The van der Waals surface area contributed by atoms with Gasteiger partial charge in [-0.1, -0.05) is 6.07 Å². The third-order valence-corrected chi connectivity index (χ3v) is 3.48. The van der Waals surface area contributed by atoms with Gasteiger partial charge in [0, 0.05) is 18.5 Å². The topological polar surface area (TPSA) is 87.1 Å². The van der Waals surface area contributed by atoms with Crippen LogP contribution >= 0.6 is 0 Å². The molecule has 2 rings (SSSR count). The van der Waals surface area contributed by atoms with Gasteiger partial charge in [0.05, 0.1) is 13.2 Å². The molecule has 1 aliphatic heterocycles. The summed E-state index contributed by atoms with van der Waals surface area (Å²) in [5.74, 6) is -0.941. The van der Waals surface area contributed by atoms with Crippen LogP contribution in [-0.2, 0) is 4.79 Å². The Morgan fingerprint density at radius 3 is 2.70 bits per heavy atom. The fourth-order valence-electron chi connectivity index (χ4n) is 2.39. The number of amides is 1. The summed E-state index contributed by atoms with van der Waals surface area (Å²) in [5, 5.41) is 18.7. The molecule has 6 heteroatoms. The van der Waals surface area contributed by atoms with Gasteiger partial charge in [-0.15, -0.1) is 0 Å². The first-order valence-electron chi connectivity index (χ1n) is 6.30.